The summed E-state index contributed by atoms with van der Waals surface area (Å²) < 4.78 is 10.5. The lowest BCUT2D eigenvalue weighted by molar-refractivity contribution is -0.162. The first kappa shape index (κ1) is 11.5. The van der Waals surface area contributed by atoms with Crippen LogP contribution < -0.4 is 0 Å². The Bertz CT molecular complexity index is 173. The normalized spacial score (nSPS) is 20.4. The molecule has 0 N–H and O–H groups in total. The van der Waals surface area contributed by atoms with E-state index in [-0.39, 0.29) is 12.1 Å². The maximum Gasteiger partial charge on any atom is 0.335 e. The van der Waals surface area contributed by atoms with Crippen LogP contribution in [0.15, 0.2) is 0 Å². The molecule has 1 unspecified atom stereocenters. The van der Waals surface area contributed by atoms with Crippen molar-refractivity contribution in [1.29, 1.82) is 0 Å². The van der Waals surface area contributed by atoms with Crippen molar-refractivity contribution in [2.75, 3.05) is 6.61 Å². The Morgan fingerprint density at radius 3 is 2.57 bits per heavy atom. The lowest BCUT2D eigenvalue weighted by atomic mass is 9.98. The highest BCUT2D eigenvalue weighted by atomic mass is 16.6. The third kappa shape index (κ3) is 3.66. The van der Waals surface area contributed by atoms with Gasteiger partial charge in [-0.2, -0.15) is 0 Å². The number of carbonyl (C=O) groups is 1. The predicted molar refractivity (Wildman–Crippen MR) is 54.1 cm³/mol. The maximum absolute atomic E-state index is 11.5. The summed E-state index contributed by atoms with van der Waals surface area (Å²) >= 11 is 0. The molecule has 1 fully saturated rings. The molecule has 0 aliphatic heterocycles. The number of rotatable bonds is 4. The Kier molecular flexibility index (Phi) is 4.94. The lowest BCUT2D eigenvalue weighted by Gasteiger charge is -2.23. The van der Waals surface area contributed by atoms with Gasteiger partial charge in [0, 0.05) is 6.61 Å². The van der Waals surface area contributed by atoms with E-state index in [1.807, 2.05) is 6.92 Å². The summed E-state index contributed by atoms with van der Waals surface area (Å²) in [6.07, 6.45) is 5.40. The minimum absolute atomic E-state index is 0.138. The second-order valence-corrected chi connectivity index (χ2v) is 3.79. The third-order valence-electron chi connectivity index (χ3n) is 2.58. The van der Waals surface area contributed by atoms with E-state index < -0.39 is 6.10 Å². The van der Waals surface area contributed by atoms with Gasteiger partial charge in [0.15, 0.2) is 6.10 Å². The first-order chi connectivity index (χ1) is 6.74. The molecule has 0 aromatic carbocycles. The van der Waals surface area contributed by atoms with E-state index in [2.05, 4.69) is 0 Å². The highest BCUT2D eigenvalue weighted by Gasteiger charge is 2.21. The molecule has 1 aliphatic rings. The van der Waals surface area contributed by atoms with Crippen molar-refractivity contribution < 1.29 is 14.3 Å². The summed E-state index contributed by atoms with van der Waals surface area (Å²) in [6.45, 7) is 4.18. The molecular formula is C11H20O3. The van der Waals surface area contributed by atoms with E-state index in [4.69, 9.17) is 9.47 Å². The molecule has 1 aliphatic carbocycles. The molecule has 0 bridgehead atoms. The van der Waals surface area contributed by atoms with Gasteiger partial charge >= 0.3 is 5.97 Å². The fourth-order valence-electron chi connectivity index (χ4n) is 1.76. The molecule has 0 spiro atoms. The van der Waals surface area contributed by atoms with Gasteiger partial charge in [0.25, 0.3) is 0 Å². The number of hydrogen-bond acceptors (Lipinski definition) is 3. The molecule has 0 aromatic rings. The SMILES string of the molecule is CCOC(C)C(=O)OC1CCCCC1. The fraction of sp³-hybridized carbons (Fsp3) is 0.909. The average molecular weight is 200 g/mol. The van der Waals surface area contributed by atoms with Crippen molar-refractivity contribution in [3.8, 4) is 0 Å². The van der Waals surface area contributed by atoms with Gasteiger partial charge in [-0.3, -0.25) is 0 Å². The van der Waals surface area contributed by atoms with Crippen molar-refractivity contribution in [2.24, 2.45) is 0 Å². The first-order valence-corrected chi connectivity index (χ1v) is 5.56. The smallest absolute Gasteiger partial charge is 0.335 e. The van der Waals surface area contributed by atoms with E-state index in [1.165, 1.54) is 19.3 Å². The molecule has 0 amide bonds. The number of hydrogen-bond donors (Lipinski definition) is 0. The van der Waals surface area contributed by atoms with Gasteiger partial charge in [-0.1, -0.05) is 6.42 Å². The lowest BCUT2D eigenvalue weighted by Crippen LogP contribution is -2.29. The van der Waals surface area contributed by atoms with Gasteiger partial charge in [0.1, 0.15) is 6.10 Å². The molecule has 3 heteroatoms. The zero-order valence-corrected chi connectivity index (χ0v) is 9.12. The molecule has 0 radical (unpaired) electrons. The Labute approximate surface area is 85.8 Å². The van der Waals surface area contributed by atoms with Gasteiger partial charge in [0.2, 0.25) is 0 Å². The zero-order chi connectivity index (χ0) is 10.4. The van der Waals surface area contributed by atoms with Crippen LogP contribution in [0.5, 0.6) is 0 Å². The fourth-order valence-corrected chi connectivity index (χ4v) is 1.76. The quantitative estimate of drug-likeness (QED) is 0.653. The van der Waals surface area contributed by atoms with Crippen LogP contribution in [0.2, 0.25) is 0 Å². The Morgan fingerprint density at radius 2 is 2.00 bits per heavy atom. The highest BCUT2D eigenvalue weighted by Crippen LogP contribution is 2.20. The Hall–Kier alpha value is -0.570. The van der Waals surface area contributed by atoms with E-state index in [0.29, 0.717) is 6.61 Å². The van der Waals surface area contributed by atoms with Crippen LogP contribution in [-0.2, 0) is 14.3 Å². The second-order valence-electron chi connectivity index (χ2n) is 3.79. The van der Waals surface area contributed by atoms with Gasteiger partial charge in [-0.25, -0.2) is 4.79 Å². The molecule has 82 valence electrons. The molecule has 1 rings (SSSR count). The van der Waals surface area contributed by atoms with Crippen LogP contribution in [0, 0.1) is 0 Å². The first-order valence-electron chi connectivity index (χ1n) is 5.56. The van der Waals surface area contributed by atoms with Crippen molar-refractivity contribution in [3.05, 3.63) is 0 Å². The van der Waals surface area contributed by atoms with Crippen molar-refractivity contribution >= 4 is 5.97 Å². The topological polar surface area (TPSA) is 35.5 Å². The number of ether oxygens (including phenoxy) is 2. The average Bonchev–Trinajstić information content (AvgIpc) is 2.19. The van der Waals surface area contributed by atoms with E-state index in [1.54, 1.807) is 6.92 Å². The molecule has 3 nitrogen and oxygen atoms in total. The molecule has 1 saturated carbocycles. The summed E-state index contributed by atoms with van der Waals surface area (Å²) in [5.41, 5.74) is 0. The molecule has 0 aromatic heterocycles. The van der Waals surface area contributed by atoms with Crippen molar-refractivity contribution in [1.82, 2.24) is 0 Å². The van der Waals surface area contributed by atoms with Gasteiger partial charge < -0.3 is 9.47 Å². The summed E-state index contributed by atoms with van der Waals surface area (Å²) in [6, 6.07) is 0. The Morgan fingerprint density at radius 1 is 1.36 bits per heavy atom. The van der Waals surface area contributed by atoms with Gasteiger partial charge in [-0.15, -0.1) is 0 Å². The zero-order valence-electron chi connectivity index (χ0n) is 9.12. The largest absolute Gasteiger partial charge is 0.460 e. The monoisotopic (exact) mass is 200 g/mol. The van der Waals surface area contributed by atoms with Crippen LogP contribution in [0.25, 0.3) is 0 Å². The summed E-state index contributed by atoms with van der Waals surface area (Å²) in [5.74, 6) is -0.209. The minimum atomic E-state index is -0.415. The van der Waals surface area contributed by atoms with Crippen LogP contribution in [0.4, 0.5) is 0 Å². The van der Waals surface area contributed by atoms with E-state index >= 15 is 0 Å². The summed E-state index contributed by atoms with van der Waals surface area (Å²) in [4.78, 5) is 11.5. The van der Waals surface area contributed by atoms with Crippen LogP contribution in [0.1, 0.15) is 46.0 Å². The molecule has 14 heavy (non-hydrogen) atoms. The molecule has 1 atom stereocenters. The highest BCUT2D eigenvalue weighted by molar-refractivity contribution is 5.74. The minimum Gasteiger partial charge on any atom is -0.460 e. The van der Waals surface area contributed by atoms with E-state index in [9.17, 15) is 4.79 Å². The standard InChI is InChI=1S/C11H20O3/c1-3-13-9(2)11(12)14-10-7-5-4-6-8-10/h9-10H,3-8H2,1-2H3. The summed E-state index contributed by atoms with van der Waals surface area (Å²) in [7, 11) is 0. The predicted octanol–water partition coefficient (Wildman–Crippen LogP) is 2.29. The molecule has 0 heterocycles. The Balaban J connectivity index is 2.24. The molecule has 0 saturated heterocycles. The third-order valence-corrected chi connectivity index (χ3v) is 2.58. The van der Waals surface area contributed by atoms with Gasteiger partial charge in [-0.05, 0) is 39.5 Å². The second kappa shape index (κ2) is 6.02. The van der Waals surface area contributed by atoms with Crippen molar-refractivity contribution in [2.45, 2.75) is 58.2 Å². The van der Waals surface area contributed by atoms with Crippen LogP contribution in [0.3, 0.4) is 0 Å². The number of esters is 1. The molecular weight excluding hydrogens is 180 g/mol. The van der Waals surface area contributed by atoms with Gasteiger partial charge in [0.05, 0.1) is 0 Å². The van der Waals surface area contributed by atoms with Crippen molar-refractivity contribution in [3.63, 3.8) is 0 Å². The maximum atomic E-state index is 11.5. The number of carbonyl (C=O) groups excluding carboxylic acids is 1. The van der Waals surface area contributed by atoms with Crippen LogP contribution >= 0.6 is 0 Å². The summed E-state index contributed by atoms with van der Waals surface area (Å²) in [5, 5.41) is 0. The van der Waals surface area contributed by atoms with E-state index in [0.717, 1.165) is 12.8 Å². The van der Waals surface area contributed by atoms with Crippen LogP contribution in [-0.4, -0.2) is 24.8 Å².